The number of fused-ring (bicyclic) bond motifs is 5. The molecule has 0 fully saturated rings. The first-order chi connectivity index (χ1) is 8.83. The fraction of sp³-hybridized carbons (Fsp3) is 0. The zero-order valence-corrected chi connectivity index (χ0v) is 10.1. The van der Waals surface area contributed by atoms with E-state index in [2.05, 4.69) is 23.2 Å². The standard InChI is InChI=1S/C15H8ClNO/c16-13-8-7-12-14(17-13)11-6-5-9-3-1-2-4-10(9)15(11)18-12/h1-8H. The molecule has 0 aliphatic carbocycles. The van der Waals surface area contributed by atoms with Crippen LogP contribution in [-0.2, 0) is 0 Å². The molecule has 4 aromatic rings. The number of nitrogens with zero attached hydrogens (tertiary/aromatic N) is 1. The van der Waals surface area contributed by atoms with Crippen LogP contribution in [-0.4, -0.2) is 4.98 Å². The molecule has 0 N–H and O–H groups in total. The van der Waals surface area contributed by atoms with Crippen LogP contribution in [0.1, 0.15) is 0 Å². The second-order valence-electron chi connectivity index (χ2n) is 4.25. The van der Waals surface area contributed by atoms with Gasteiger partial charge in [-0.05, 0) is 23.6 Å². The average molecular weight is 254 g/mol. The number of halogens is 1. The number of benzene rings is 2. The molecular weight excluding hydrogens is 246 g/mol. The maximum Gasteiger partial charge on any atom is 0.154 e. The molecule has 0 atom stereocenters. The highest BCUT2D eigenvalue weighted by Gasteiger charge is 2.11. The third-order valence-electron chi connectivity index (χ3n) is 3.17. The van der Waals surface area contributed by atoms with Gasteiger partial charge < -0.3 is 4.42 Å². The monoisotopic (exact) mass is 253 g/mol. The van der Waals surface area contributed by atoms with Crippen molar-refractivity contribution in [1.29, 1.82) is 0 Å². The number of furan rings is 1. The summed E-state index contributed by atoms with van der Waals surface area (Å²) in [5.41, 5.74) is 2.46. The van der Waals surface area contributed by atoms with E-state index in [4.69, 9.17) is 16.0 Å². The fourth-order valence-electron chi connectivity index (χ4n) is 2.35. The van der Waals surface area contributed by atoms with E-state index < -0.39 is 0 Å². The summed E-state index contributed by atoms with van der Waals surface area (Å²) in [6.07, 6.45) is 0. The van der Waals surface area contributed by atoms with Crippen LogP contribution in [0, 0.1) is 0 Å². The predicted molar refractivity (Wildman–Crippen MR) is 74.0 cm³/mol. The molecule has 0 aliphatic heterocycles. The van der Waals surface area contributed by atoms with Gasteiger partial charge in [0.2, 0.25) is 0 Å². The van der Waals surface area contributed by atoms with E-state index in [1.54, 1.807) is 6.07 Å². The Morgan fingerprint density at radius 1 is 0.889 bits per heavy atom. The average Bonchev–Trinajstić information content (AvgIpc) is 2.77. The first kappa shape index (κ1) is 9.92. The maximum absolute atomic E-state index is 5.94. The van der Waals surface area contributed by atoms with E-state index in [1.807, 2.05) is 24.3 Å². The van der Waals surface area contributed by atoms with Crippen LogP contribution in [0.3, 0.4) is 0 Å². The van der Waals surface area contributed by atoms with Crippen LogP contribution in [0.2, 0.25) is 5.15 Å². The maximum atomic E-state index is 5.94. The van der Waals surface area contributed by atoms with Gasteiger partial charge in [0, 0.05) is 10.8 Å². The van der Waals surface area contributed by atoms with E-state index >= 15 is 0 Å². The Kier molecular flexibility index (Phi) is 1.91. The number of hydrogen-bond donors (Lipinski definition) is 0. The molecule has 0 aliphatic rings. The van der Waals surface area contributed by atoms with Crippen molar-refractivity contribution in [2.24, 2.45) is 0 Å². The molecule has 2 heterocycles. The minimum Gasteiger partial charge on any atom is -0.454 e. The van der Waals surface area contributed by atoms with E-state index in [0.29, 0.717) is 5.15 Å². The van der Waals surface area contributed by atoms with Crippen LogP contribution >= 0.6 is 11.6 Å². The summed E-state index contributed by atoms with van der Waals surface area (Å²) in [7, 11) is 0. The summed E-state index contributed by atoms with van der Waals surface area (Å²) in [5, 5.41) is 3.75. The molecule has 0 unspecified atom stereocenters. The van der Waals surface area contributed by atoms with Crippen LogP contribution in [0.4, 0.5) is 0 Å². The van der Waals surface area contributed by atoms with Gasteiger partial charge in [0.25, 0.3) is 0 Å². The number of rotatable bonds is 0. The van der Waals surface area contributed by atoms with Crippen molar-refractivity contribution in [2.75, 3.05) is 0 Å². The molecule has 0 spiro atoms. The Labute approximate surface area is 108 Å². The number of hydrogen-bond acceptors (Lipinski definition) is 2. The van der Waals surface area contributed by atoms with Gasteiger partial charge in [-0.15, -0.1) is 0 Å². The largest absolute Gasteiger partial charge is 0.454 e. The molecule has 86 valence electrons. The minimum atomic E-state index is 0.485. The second kappa shape index (κ2) is 3.47. The second-order valence-corrected chi connectivity index (χ2v) is 4.63. The fourth-order valence-corrected chi connectivity index (χ4v) is 2.49. The minimum absolute atomic E-state index is 0.485. The molecule has 2 aromatic carbocycles. The van der Waals surface area contributed by atoms with Gasteiger partial charge in [0.1, 0.15) is 16.3 Å². The third kappa shape index (κ3) is 1.27. The van der Waals surface area contributed by atoms with Gasteiger partial charge in [0.05, 0.1) is 0 Å². The van der Waals surface area contributed by atoms with E-state index in [9.17, 15) is 0 Å². The highest BCUT2D eigenvalue weighted by atomic mass is 35.5. The van der Waals surface area contributed by atoms with Crippen LogP contribution < -0.4 is 0 Å². The van der Waals surface area contributed by atoms with Crippen molar-refractivity contribution in [3.63, 3.8) is 0 Å². The first-order valence-electron chi connectivity index (χ1n) is 5.69. The van der Waals surface area contributed by atoms with Gasteiger partial charge in [-0.1, -0.05) is 41.9 Å². The Bertz CT molecular complexity index is 895. The molecule has 0 radical (unpaired) electrons. The zero-order chi connectivity index (χ0) is 12.1. The van der Waals surface area contributed by atoms with Crippen molar-refractivity contribution in [1.82, 2.24) is 4.98 Å². The lowest BCUT2D eigenvalue weighted by atomic mass is 10.1. The molecule has 0 saturated carbocycles. The molecule has 4 rings (SSSR count). The van der Waals surface area contributed by atoms with Crippen molar-refractivity contribution in [2.45, 2.75) is 0 Å². The lowest BCUT2D eigenvalue weighted by Gasteiger charge is -1.96. The molecule has 0 bridgehead atoms. The van der Waals surface area contributed by atoms with Crippen LogP contribution in [0.25, 0.3) is 32.8 Å². The van der Waals surface area contributed by atoms with Crippen LogP contribution in [0.15, 0.2) is 52.9 Å². The van der Waals surface area contributed by atoms with Gasteiger partial charge in [-0.25, -0.2) is 4.98 Å². The Hall–Kier alpha value is -2.06. The number of aromatic nitrogens is 1. The molecule has 2 nitrogen and oxygen atoms in total. The zero-order valence-electron chi connectivity index (χ0n) is 9.35. The Balaban J connectivity index is 2.30. The summed E-state index contributed by atoms with van der Waals surface area (Å²) >= 11 is 5.94. The van der Waals surface area contributed by atoms with Crippen molar-refractivity contribution >= 4 is 44.4 Å². The summed E-state index contributed by atoms with van der Waals surface area (Å²) in [6, 6.07) is 15.9. The molecule has 18 heavy (non-hydrogen) atoms. The van der Waals surface area contributed by atoms with Gasteiger partial charge in [-0.3, -0.25) is 0 Å². The van der Waals surface area contributed by atoms with Crippen molar-refractivity contribution in [3.8, 4) is 0 Å². The predicted octanol–water partition coefficient (Wildman–Crippen LogP) is 4.79. The first-order valence-corrected chi connectivity index (χ1v) is 6.07. The Morgan fingerprint density at radius 2 is 1.78 bits per heavy atom. The molecule has 0 saturated heterocycles. The normalized spacial score (nSPS) is 11.6. The van der Waals surface area contributed by atoms with Gasteiger partial charge in [-0.2, -0.15) is 0 Å². The SMILES string of the molecule is Clc1ccc2oc3c4ccccc4ccc3c2n1. The van der Waals surface area contributed by atoms with E-state index in [1.165, 1.54) is 0 Å². The summed E-state index contributed by atoms with van der Waals surface area (Å²) < 4.78 is 5.90. The third-order valence-corrected chi connectivity index (χ3v) is 3.38. The van der Waals surface area contributed by atoms with E-state index in [0.717, 1.165) is 32.8 Å². The summed E-state index contributed by atoms with van der Waals surface area (Å²) in [6.45, 7) is 0. The lowest BCUT2D eigenvalue weighted by Crippen LogP contribution is -1.75. The molecular formula is C15H8ClNO. The van der Waals surface area contributed by atoms with Crippen molar-refractivity contribution in [3.05, 3.63) is 53.7 Å². The molecule has 0 amide bonds. The van der Waals surface area contributed by atoms with E-state index in [-0.39, 0.29) is 0 Å². The quantitative estimate of drug-likeness (QED) is 0.421. The topological polar surface area (TPSA) is 26.0 Å². The lowest BCUT2D eigenvalue weighted by molar-refractivity contribution is 0.672. The number of pyridine rings is 1. The molecule has 3 heteroatoms. The van der Waals surface area contributed by atoms with Crippen LogP contribution in [0.5, 0.6) is 0 Å². The Morgan fingerprint density at radius 3 is 2.72 bits per heavy atom. The summed E-state index contributed by atoms with van der Waals surface area (Å²) in [5.74, 6) is 0. The van der Waals surface area contributed by atoms with Gasteiger partial charge in [0.15, 0.2) is 5.58 Å². The van der Waals surface area contributed by atoms with Crippen molar-refractivity contribution < 1.29 is 4.42 Å². The molecule has 2 aromatic heterocycles. The highest BCUT2D eigenvalue weighted by Crippen LogP contribution is 2.33. The summed E-state index contributed by atoms with van der Waals surface area (Å²) in [4.78, 5) is 4.34. The smallest absolute Gasteiger partial charge is 0.154 e. The highest BCUT2D eigenvalue weighted by molar-refractivity contribution is 6.30. The van der Waals surface area contributed by atoms with Gasteiger partial charge >= 0.3 is 0 Å².